The second-order valence-electron chi connectivity index (χ2n) is 2.46. The van der Waals surface area contributed by atoms with Gasteiger partial charge in [0.1, 0.15) is 5.01 Å². The molecule has 0 unspecified atom stereocenters. The summed E-state index contributed by atoms with van der Waals surface area (Å²) in [4.78, 5) is 4.14. The van der Waals surface area contributed by atoms with Gasteiger partial charge in [-0.1, -0.05) is 13.8 Å². The monoisotopic (exact) mass is 192 g/mol. The third kappa shape index (κ3) is 4.35. The van der Waals surface area contributed by atoms with Crippen LogP contribution in [0.15, 0.2) is 11.6 Å². The van der Waals surface area contributed by atoms with Crippen LogP contribution in [0.25, 0.3) is 0 Å². The van der Waals surface area contributed by atoms with Crippen LogP contribution in [0.4, 0.5) is 0 Å². The maximum absolute atomic E-state index is 4.14. The number of aromatic nitrogens is 1. The summed E-state index contributed by atoms with van der Waals surface area (Å²) in [7, 11) is 0. The Morgan fingerprint density at radius 1 is 1.64 bits per heavy atom. The molecule has 4 heteroatoms. The van der Waals surface area contributed by atoms with E-state index < -0.39 is 0 Å². The summed E-state index contributed by atoms with van der Waals surface area (Å²) in [6.07, 6.45) is 1.84. The van der Waals surface area contributed by atoms with Gasteiger partial charge in [-0.05, 0) is 0 Å². The Kier molecular flexibility index (Phi) is 5.46. The topological polar surface area (TPSA) is 24.9 Å². The Hall–Kier alpha value is -0.120. The molecule has 64 valence electrons. The zero-order valence-corrected chi connectivity index (χ0v) is 8.34. The number of hydrogen-bond acceptors (Lipinski definition) is 3. The van der Waals surface area contributed by atoms with E-state index in [4.69, 9.17) is 0 Å². The molecular formula is C7H13ClN2S. The van der Waals surface area contributed by atoms with E-state index in [9.17, 15) is 0 Å². The highest BCUT2D eigenvalue weighted by Crippen LogP contribution is 2.02. The largest absolute Gasteiger partial charge is 0.308 e. The third-order valence-corrected chi connectivity index (χ3v) is 1.92. The fraction of sp³-hybridized carbons (Fsp3) is 0.571. The predicted octanol–water partition coefficient (Wildman–Crippen LogP) is 2.06. The van der Waals surface area contributed by atoms with E-state index in [2.05, 4.69) is 24.1 Å². The van der Waals surface area contributed by atoms with Crippen molar-refractivity contribution >= 4 is 23.7 Å². The standard InChI is InChI=1S/C7H12N2S.ClH/c1-6(2)9-5-7-8-3-4-10-7;/h3-4,6,9H,5H2,1-2H3;1H. The molecule has 0 aromatic carbocycles. The molecule has 0 aliphatic carbocycles. The lowest BCUT2D eigenvalue weighted by Crippen LogP contribution is -2.21. The Bertz CT molecular complexity index is 175. The van der Waals surface area contributed by atoms with Crippen LogP contribution in [-0.2, 0) is 6.54 Å². The van der Waals surface area contributed by atoms with Crippen LogP contribution < -0.4 is 5.32 Å². The molecular weight excluding hydrogens is 180 g/mol. The molecule has 0 saturated carbocycles. The van der Waals surface area contributed by atoms with Gasteiger partial charge in [0.25, 0.3) is 0 Å². The van der Waals surface area contributed by atoms with Gasteiger partial charge in [-0.3, -0.25) is 0 Å². The second-order valence-corrected chi connectivity index (χ2v) is 3.44. The van der Waals surface area contributed by atoms with Gasteiger partial charge >= 0.3 is 0 Å². The van der Waals surface area contributed by atoms with Crippen LogP contribution >= 0.6 is 23.7 Å². The molecule has 0 spiro atoms. The van der Waals surface area contributed by atoms with Crippen molar-refractivity contribution < 1.29 is 0 Å². The number of nitrogens with zero attached hydrogens (tertiary/aromatic N) is 1. The number of rotatable bonds is 3. The molecule has 1 heterocycles. The molecule has 0 amide bonds. The molecule has 1 aromatic rings. The average Bonchev–Trinajstić information content (AvgIpc) is 2.34. The minimum absolute atomic E-state index is 0. The van der Waals surface area contributed by atoms with Crippen LogP contribution in [0.1, 0.15) is 18.9 Å². The molecule has 0 atom stereocenters. The van der Waals surface area contributed by atoms with Crippen LogP contribution in [0.5, 0.6) is 0 Å². The van der Waals surface area contributed by atoms with E-state index >= 15 is 0 Å². The zero-order valence-electron chi connectivity index (χ0n) is 6.70. The van der Waals surface area contributed by atoms with E-state index in [1.54, 1.807) is 11.3 Å². The summed E-state index contributed by atoms with van der Waals surface area (Å²) < 4.78 is 0. The highest BCUT2D eigenvalue weighted by Gasteiger charge is 1.95. The number of thiazole rings is 1. The maximum Gasteiger partial charge on any atom is 0.106 e. The second kappa shape index (κ2) is 5.52. The summed E-state index contributed by atoms with van der Waals surface area (Å²) in [5.74, 6) is 0. The fourth-order valence-electron chi connectivity index (χ4n) is 0.632. The minimum Gasteiger partial charge on any atom is -0.308 e. The van der Waals surface area contributed by atoms with Gasteiger partial charge in [-0.25, -0.2) is 4.98 Å². The smallest absolute Gasteiger partial charge is 0.106 e. The summed E-state index contributed by atoms with van der Waals surface area (Å²) in [6, 6.07) is 0.545. The molecule has 0 fully saturated rings. The van der Waals surface area contributed by atoms with E-state index in [1.165, 1.54) is 0 Å². The fourth-order valence-corrected chi connectivity index (χ4v) is 1.20. The van der Waals surface area contributed by atoms with Gasteiger partial charge < -0.3 is 5.32 Å². The van der Waals surface area contributed by atoms with Crippen molar-refractivity contribution in [3.05, 3.63) is 16.6 Å². The highest BCUT2D eigenvalue weighted by atomic mass is 35.5. The van der Waals surface area contributed by atoms with Crippen molar-refractivity contribution in [2.24, 2.45) is 0 Å². The van der Waals surface area contributed by atoms with Crippen LogP contribution in [-0.4, -0.2) is 11.0 Å². The average molecular weight is 193 g/mol. The van der Waals surface area contributed by atoms with Gasteiger partial charge in [0.05, 0.1) is 0 Å². The number of nitrogens with one attached hydrogen (secondary N) is 1. The van der Waals surface area contributed by atoms with E-state index in [0.29, 0.717) is 6.04 Å². The molecule has 0 radical (unpaired) electrons. The molecule has 0 aliphatic rings. The molecule has 0 bridgehead atoms. The zero-order chi connectivity index (χ0) is 7.40. The van der Waals surface area contributed by atoms with Crippen molar-refractivity contribution in [3.63, 3.8) is 0 Å². The van der Waals surface area contributed by atoms with Crippen molar-refractivity contribution in [2.75, 3.05) is 0 Å². The Labute approximate surface area is 77.5 Å². The molecule has 1 N–H and O–H groups in total. The first kappa shape index (κ1) is 10.9. The molecule has 0 aliphatic heterocycles. The maximum atomic E-state index is 4.14. The van der Waals surface area contributed by atoms with Crippen molar-refractivity contribution in [3.8, 4) is 0 Å². The predicted molar refractivity (Wildman–Crippen MR) is 51.3 cm³/mol. The number of halogens is 1. The van der Waals surface area contributed by atoms with E-state index in [0.717, 1.165) is 11.6 Å². The lowest BCUT2D eigenvalue weighted by Gasteiger charge is -2.03. The van der Waals surface area contributed by atoms with E-state index in [1.807, 2.05) is 11.6 Å². The first-order valence-electron chi connectivity index (χ1n) is 3.41. The molecule has 1 rings (SSSR count). The highest BCUT2D eigenvalue weighted by molar-refractivity contribution is 7.09. The molecule has 2 nitrogen and oxygen atoms in total. The Balaban J connectivity index is 0.000001000. The normalized spacial score (nSPS) is 9.73. The van der Waals surface area contributed by atoms with Crippen molar-refractivity contribution in [2.45, 2.75) is 26.4 Å². The SMILES string of the molecule is CC(C)NCc1nccs1.Cl. The molecule has 0 saturated heterocycles. The lowest BCUT2D eigenvalue weighted by atomic mass is 10.4. The van der Waals surface area contributed by atoms with Crippen LogP contribution in [0.2, 0.25) is 0 Å². The van der Waals surface area contributed by atoms with Gasteiger partial charge in [0.2, 0.25) is 0 Å². The number of hydrogen-bond donors (Lipinski definition) is 1. The van der Waals surface area contributed by atoms with E-state index in [-0.39, 0.29) is 12.4 Å². The Morgan fingerprint density at radius 2 is 2.36 bits per heavy atom. The van der Waals surface area contributed by atoms with Gasteiger partial charge in [-0.15, -0.1) is 23.7 Å². The first-order chi connectivity index (χ1) is 4.79. The third-order valence-electron chi connectivity index (χ3n) is 1.15. The van der Waals surface area contributed by atoms with Gasteiger partial charge in [-0.2, -0.15) is 0 Å². The summed E-state index contributed by atoms with van der Waals surface area (Å²) in [5.41, 5.74) is 0. The van der Waals surface area contributed by atoms with Gasteiger partial charge in [0, 0.05) is 24.2 Å². The van der Waals surface area contributed by atoms with Crippen molar-refractivity contribution in [1.29, 1.82) is 0 Å². The molecule has 11 heavy (non-hydrogen) atoms. The molecule has 1 aromatic heterocycles. The lowest BCUT2D eigenvalue weighted by molar-refractivity contribution is 0.587. The summed E-state index contributed by atoms with van der Waals surface area (Å²) in [5, 5.41) is 6.45. The van der Waals surface area contributed by atoms with Crippen molar-refractivity contribution in [1.82, 2.24) is 10.3 Å². The van der Waals surface area contributed by atoms with Crippen LogP contribution in [0.3, 0.4) is 0 Å². The van der Waals surface area contributed by atoms with Gasteiger partial charge in [0.15, 0.2) is 0 Å². The summed E-state index contributed by atoms with van der Waals surface area (Å²) in [6.45, 7) is 5.16. The first-order valence-corrected chi connectivity index (χ1v) is 4.29. The minimum atomic E-state index is 0. The van der Waals surface area contributed by atoms with Crippen LogP contribution in [0, 0.1) is 0 Å². The summed E-state index contributed by atoms with van der Waals surface area (Å²) >= 11 is 1.69. The Morgan fingerprint density at radius 3 is 2.82 bits per heavy atom. The quantitative estimate of drug-likeness (QED) is 0.793.